The number of esters is 1. The normalized spacial score (nSPS) is 10.4. The van der Waals surface area contributed by atoms with Crippen molar-refractivity contribution in [1.82, 2.24) is 15.1 Å². The molecule has 1 heterocycles. The van der Waals surface area contributed by atoms with Crippen LogP contribution in [0.1, 0.15) is 31.3 Å². The van der Waals surface area contributed by atoms with Crippen LogP contribution in [-0.4, -0.2) is 46.7 Å². The molecule has 1 aromatic heterocycles. The van der Waals surface area contributed by atoms with E-state index in [1.165, 1.54) is 17.0 Å². The van der Waals surface area contributed by atoms with E-state index in [9.17, 15) is 9.59 Å². The number of ether oxygens (including phenoxy) is 1. The molecule has 0 unspecified atom stereocenters. The van der Waals surface area contributed by atoms with Crippen LogP contribution < -0.4 is 0 Å². The molecule has 1 amide bonds. The van der Waals surface area contributed by atoms with Gasteiger partial charge in [0.2, 0.25) is 0 Å². The third-order valence-electron chi connectivity index (χ3n) is 2.35. The predicted molar refractivity (Wildman–Crippen MR) is 74.4 cm³/mol. The highest BCUT2D eigenvalue weighted by Gasteiger charge is 2.21. The van der Waals surface area contributed by atoms with Crippen molar-refractivity contribution in [2.45, 2.75) is 20.8 Å². The minimum atomic E-state index is -0.441. The first-order valence-electron chi connectivity index (χ1n) is 6.38. The summed E-state index contributed by atoms with van der Waals surface area (Å²) >= 11 is 5.63. The number of hydrogen-bond acceptors (Lipinski definition) is 5. The Hall–Kier alpha value is -1.69. The molecule has 0 radical (unpaired) electrons. The first-order chi connectivity index (χ1) is 9.43. The van der Waals surface area contributed by atoms with Crippen LogP contribution >= 0.6 is 11.6 Å². The molecular formula is C13H18ClN3O3. The molecule has 0 saturated heterocycles. The van der Waals surface area contributed by atoms with Gasteiger partial charge in [0, 0.05) is 6.54 Å². The number of carbonyl (C=O) groups excluding carboxylic acids is 2. The zero-order valence-electron chi connectivity index (χ0n) is 11.8. The second-order valence-electron chi connectivity index (χ2n) is 4.63. The quantitative estimate of drug-likeness (QED) is 0.749. The van der Waals surface area contributed by atoms with Crippen LogP contribution in [0.2, 0.25) is 5.15 Å². The van der Waals surface area contributed by atoms with Gasteiger partial charge in [0.15, 0.2) is 10.8 Å². The molecule has 0 spiro atoms. The van der Waals surface area contributed by atoms with E-state index in [0.717, 1.165) is 0 Å². The molecule has 0 aromatic carbocycles. The topological polar surface area (TPSA) is 72.4 Å². The van der Waals surface area contributed by atoms with Crippen molar-refractivity contribution in [3.8, 4) is 0 Å². The number of amides is 1. The Morgan fingerprint density at radius 3 is 2.55 bits per heavy atom. The van der Waals surface area contributed by atoms with Crippen LogP contribution in [0.25, 0.3) is 0 Å². The SMILES string of the molecule is CCOC(=O)CN(CC(C)C)C(=O)c1ccc(Cl)nn1. The lowest BCUT2D eigenvalue weighted by molar-refractivity contribution is -0.143. The van der Waals surface area contributed by atoms with Gasteiger partial charge in [-0.3, -0.25) is 9.59 Å². The first kappa shape index (κ1) is 16.4. The molecule has 6 nitrogen and oxygen atoms in total. The molecule has 20 heavy (non-hydrogen) atoms. The lowest BCUT2D eigenvalue weighted by atomic mass is 10.2. The summed E-state index contributed by atoms with van der Waals surface area (Å²) < 4.78 is 4.87. The van der Waals surface area contributed by atoms with Gasteiger partial charge in [0.25, 0.3) is 5.91 Å². The molecule has 0 fully saturated rings. The van der Waals surface area contributed by atoms with Crippen molar-refractivity contribution >= 4 is 23.5 Å². The number of hydrogen-bond donors (Lipinski definition) is 0. The summed E-state index contributed by atoms with van der Waals surface area (Å²) in [5, 5.41) is 7.57. The third kappa shape index (κ3) is 5.13. The molecule has 0 atom stereocenters. The van der Waals surface area contributed by atoms with Crippen molar-refractivity contribution in [3.63, 3.8) is 0 Å². The van der Waals surface area contributed by atoms with Gasteiger partial charge in [-0.2, -0.15) is 0 Å². The van der Waals surface area contributed by atoms with Crippen molar-refractivity contribution < 1.29 is 14.3 Å². The maximum Gasteiger partial charge on any atom is 0.325 e. The number of halogens is 1. The van der Waals surface area contributed by atoms with Gasteiger partial charge < -0.3 is 9.64 Å². The van der Waals surface area contributed by atoms with Crippen molar-refractivity contribution in [3.05, 3.63) is 23.0 Å². The molecule has 7 heteroatoms. The smallest absolute Gasteiger partial charge is 0.325 e. The summed E-state index contributed by atoms with van der Waals surface area (Å²) in [5.41, 5.74) is 0.152. The van der Waals surface area contributed by atoms with E-state index in [1.54, 1.807) is 6.92 Å². The molecule has 0 aliphatic heterocycles. The van der Waals surface area contributed by atoms with Gasteiger partial charge in [-0.1, -0.05) is 25.4 Å². The Morgan fingerprint density at radius 1 is 1.35 bits per heavy atom. The van der Waals surface area contributed by atoms with Crippen molar-refractivity contribution in [1.29, 1.82) is 0 Å². The van der Waals surface area contributed by atoms with Crippen LogP contribution in [0.4, 0.5) is 0 Å². The first-order valence-corrected chi connectivity index (χ1v) is 6.76. The fraction of sp³-hybridized carbons (Fsp3) is 0.538. The van der Waals surface area contributed by atoms with Gasteiger partial charge >= 0.3 is 5.97 Å². The lowest BCUT2D eigenvalue weighted by Crippen LogP contribution is -2.39. The van der Waals surface area contributed by atoms with E-state index in [-0.39, 0.29) is 35.8 Å². The third-order valence-corrected chi connectivity index (χ3v) is 2.55. The Labute approximate surface area is 123 Å². The molecule has 0 bridgehead atoms. The second-order valence-corrected chi connectivity index (χ2v) is 5.01. The van der Waals surface area contributed by atoms with Crippen LogP contribution in [-0.2, 0) is 9.53 Å². The van der Waals surface area contributed by atoms with Crippen LogP contribution in [0, 0.1) is 5.92 Å². The molecule has 1 aromatic rings. The van der Waals surface area contributed by atoms with Crippen LogP contribution in [0.15, 0.2) is 12.1 Å². The zero-order valence-corrected chi connectivity index (χ0v) is 12.6. The second kappa shape index (κ2) is 7.79. The zero-order chi connectivity index (χ0) is 15.1. The molecule has 0 saturated carbocycles. The Bertz CT molecular complexity index is 462. The highest BCUT2D eigenvalue weighted by molar-refractivity contribution is 6.29. The summed E-state index contributed by atoms with van der Waals surface area (Å²) in [7, 11) is 0. The number of nitrogens with zero attached hydrogens (tertiary/aromatic N) is 3. The van der Waals surface area contributed by atoms with E-state index < -0.39 is 5.97 Å². The molecule has 1 rings (SSSR count). The van der Waals surface area contributed by atoms with Crippen LogP contribution in [0.3, 0.4) is 0 Å². The molecule has 0 aliphatic rings. The van der Waals surface area contributed by atoms with Crippen molar-refractivity contribution in [2.24, 2.45) is 5.92 Å². The fourth-order valence-corrected chi connectivity index (χ4v) is 1.72. The van der Waals surface area contributed by atoms with E-state index in [0.29, 0.717) is 6.54 Å². The Morgan fingerprint density at radius 2 is 2.05 bits per heavy atom. The summed E-state index contributed by atoms with van der Waals surface area (Å²) in [6, 6.07) is 2.97. The molecule has 110 valence electrons. The summed E-state index contributed by atoms with van der Waals surface area (Å²) in [4.78, 5) is 25.3. The average molecular weight is 300 g/mol. The van der Waals surface area contributed by atoms with E-state index in [4.69, 9.17) is 16.3 Å². The molecule has 0 N–H and O–H groups in total. The maximum absolute atomic E-state index is 12.3. The Kier molecular flexibility index (Phi) is 6.38. The highest BCUT2D eigenvalue weighted by Crippen LogP contribution is 2.08. The minimum Gasteiger partial charge on any atom is -0.465 e. The van der Waals surface area contributed by atoms with Gasteiger partial charge in [0.1, 0.15) is 6.54 Å². The Balaban J connectivity index is 2.83. The number of aromatic nitrogens is 2. The number of carbonyl (C=O) groups is 2. The van der Waals surface area contributed by atoms with Gasteiger partial charge in [-0.15, -0.1) is 10.2 Å². The van der Waals surface area contributed by atoms with Crippen LogP contribution in [0.5, 0.6) is 0 Å². The number of rotatable bonds is 6. The fourth-order valence-electron chi connectivity index (χ4n) is 1.61. The molecular weight excluding hydrogens is 282 g/mol. The average Bonchev–Trinajstić information content (AvgIpc) is 2.38. The van der Waals surface area contributed by atoms with Gasteiger partial charge in [0.05, 0.1) is 6.61 Å². The predicted octanol–water partition coefficient (Wildman–Crippen LogP) is 1.79. The largest absolute Gasteiger partial charge is 0.465 e. The monoisotopic (exact) mass is 299 g/mol. The lowest BCUT2D eigenvalue weighted by Gasteiger charge is -2.23. The minimum absolute atomic E-state index is 0.102. The van der Waals surface area contributed by atoms with E-state index >= 15 is 0 Å². The highest BCUT2D eigenvalue weighted by atomic mass is 35.5. The summed E-state index contributed by atoms with van der Waals surface area (Å²) in [6.07, 6.45) is 0. The maximum atomic E-state index is 12.3. The van der Waals surface area contributed by atoms with E-state index in [2.05, 4.69) is 10.2 Å². The standard InChI is InChI=1S/C13H18ClN3O3/c1-4-20-12(18)8-17(7-9(2)3)13(19)10-5-6-11(14)16-15-10/h5-6,9H,4,7-8H2,1-3H3. The van der Waals surface area contributed by atoms with E-state index in [1.807, 2.05) is 13.8 Å². The van der Waals surface area contributed by atoms with Gasteiger partial charge in [-0.25, -0.2) is 0 Å². The summed E-state index contributed by atoms with van der Waals surface area (Å²) in [6.45, 7) is 6.25. The molecule has 0 aliphatic carbocycles. The van der Waals surface area contributed by atoms with Crippen molar-refractivity contribution in [2.75, 3.05) is 19.7 Å². The summed E-state index contributed by atoms with van der Waals surface area (Å²) in [5.74, 6) is -0.590. The van der Waals surface area contributed by atoms with Gasteiger partial charge in [-0.05, 0) is 25.0 Å².